The molecule has 0 spiro atoms. The number of allylic oxidation sites excluding steroid dienone is 2. The molecule has 0 atom stereocenters. The fourth-order valence-electron chi connectivity index (χ4n) is 1.18. The van der Waals surface area contributed by atoms with Crippen molar-refractivity contribution in [3.8, 4) is 6.07 Å². The van der Waals surface area contributed by atoms with E-state index in [1.54, 1.807) is 6.07 Å². The molecular formula is C13H18N6O6. The van der Waals surface area contributed by atoms with Gasteiger partial charge in [-0.3, -0.25) is 29.3 Å². The topological polar surface area (TPSA) is 239 Å². The predicted octanol–water partition coefficient (Wildman–Crippen LogP) is -1.92. The minimum Gasteiger partial charge on any atom is -0.370 e. The summed E-state index contributed by atoms with van der Waals surface area (Å²) in [6.07, 6.45) is 2.64. The highest BCUT2D eigenvalue weighted by Gasteiger charge is 2.16. The molecule has 0 aliphatic carbocycles. The van der Waals surface area contributed by atoms with E-state index in [0.717, 1.165) is 6.08 Å². The van der Waals surface area contributed by atoms with Crippen LogP contribution in [0.2, 0.25) is 0 Å². The number of hydrogen-bond donors (Lipinski definition) is 4. The lowest BCUT2D eigenvalue weighted by atomic mass is 10.2. The molecule has 0 rings (SSSR count). The van der Waals surface area contributed by atoms with Gasteiger partial charge in [0.1, 0.15) is 11.6 Å². The van der Waals surface area contributed by atoms with Crippen molar-refractivity contribution < 1.29 is 24.1 Å². The summed E-state index contributed by atoms with van der Waals surface area (Å²) in [6.45, 7) is 0. The van der Waals surface area contributed by atoms with E-state index in [2.05, 4.69) is 5.73 Å². The van der Waals surface area contributed by atoms with Crippen LogP contribution in [0.4, 0.5) is 0 Å². The van der Waals surface area contributed by atoms with Crippen LogP contribution in [0, 0.1) is 21.4 Å². The number of nitro groups is 1. The van der Waals surface area contributed by atoms with E-state index in [1.807, 2.05) is 0 Å². The van der Waals surface area contributed by atoms with Crippen LogP contribution in [0.15, 0.2) is 23.4 Å². The van der Waals surface area contributed by atoms with Crippen molar-refractivity contribution in [2.24, 2.45) is 22.9 Å². The molecule has 12 nitrogen and oxygen atoms in total. The summed E-state index contributed by atoms with van der Waals surface area (Å²) in [5, 5.41) is 18.5. The van der Waals surface area contributed by atoms with Crippen LogP contribution in [-0.2, 0) is 19.2 Å². The molecule has 0 saturated carbocycles. The van der Waals surface area contributed by atoms with E-state index in [9.17, 15) is 29.3 Å². The van der Waals surface area contributed by atoms with Gasteiger partial charge in [0.15, 0.2) is 0 Å². The first-order valence-electron chi connectivity index (χ1n) is 6.63. The monoisotopic (exact) mass is 354 g/mol. The Kier molecular flexibility index (Phi) is 12.0. The quantitative estimate of drug-likeness (QED) is 0.158. The lowest BCUT2D eigenvalue weighted by molar-refractivity contribution is -0.419. The third-order valence-electron chi connectivity index (χ3n) is 2.30. The van der Waals surface area contributed by atoms with Crippen molar-refractivity contribution in [3.05, 3.63) is 33.5 Å². The van der Waals surface area contributed by atoms with Gasteiger partial charge in [-0.05, 0) is 12.8 Å². The zero-order valence-corrected chi connectivity index (χ0v) is 13.1. The highest BCUT2D eigenvalue weighted by Crippen LogP contribution is 1.99. The van der Waals surface area contributed by atoms with Gasteiger partial charge in [0.2, 0.25) is 11.8 Å². The van der Waals surface area contributed by atoms with E-state index in [1.165, 1.54) is 6.08 Å². The normalized spacial score (nSPS) is 10.7. The van der Waals surface area contributed by atoms with E-state index in [0.29, 0.717) is 0 Å². The van der Waals surface area contributed by atoms with Crippen LogP contribution in [0.5, 0.6) is 0 Å². The van der Waals surface area contributed by atoms with Gasteiger partial charge in [-0.25, -0.2) is 0 Å². The second-order valence-corrected chi connectivity index (χ2v) is 4.31. The largest absolute Gasteiger partial charge is 0.370 e. The molecular weight excluding hydrogens is 336 g/mol. The Hall–Kier alpha value is -3.75. The Morgan fingerprint density at radius 3 is 1.64 bits per heavy atom. The maximum absolute atomic E-state index is 10.4. The Morgan fingerprint density at radius 2 is 1.36 bits per heavy atom. The van der Waals surface area contributed by atoms with Gasteiger partial charge in [-0.2, -0.15) is 5.26 Å². The van der Waals surface area contributed by atoms with Crippen molar-refractivity contribution in [2.75, 3.05) is 0 Å². The van der Waals surface area contributed by atoms with Gasteiger partial charge >= 0.3 is 11.6 Å². The Bertz CT molecular complexity index is 630. The van der Waals surface area contributed by atoms with Gasteiger partial charge < -0.3 is 22.9 Å². The SMILES string of the molecule is N#CC(=CCCC(N)=O)C(N)=O.NC(=O)CCC=C(C(N)=O)[N+](=O)[O-]. The maximum atomic E-state index is 10.4. The molecule has 0 aromatic rings. The van der Waals surface area contributed by atoms with Gasteiger partial charge in [-0.1, -0.05) is 6.08 Å². The molecule has 0 aromatic heterocycles. The van der Waals surface area contributed by atoms with E-state index in [4.69, 9.17) is 22.5 Å². The number of rotatable bonds is 9. The average Bonchev–Trinajstić information content (AvgIpc) is 2.47. The predicted molar refractivity (Wildman–Crippen MR) is 84.0 cm³/mol. The minimum absolute atomic E-state index is 0.0363. The number of nitrogens with zero attached hydrogens (tertiary/aromatic N) is 2. The molecule has 8 N–H and O–H groups in total. The van der Waals surface area contributed by atoms with Crippen molar-refractivity contribution in [1.29, 1.82) is 5.26 Å². The number of carbonyl (C=O) groups excluding carboxylic acids is 4. The van der Waals surface area contributed by atoms with Gasteiger partial charge in [-0.15, -0.1) is 0 Å². The first-order valence-corrected chi connectivity index (χ1v) is 6.63. The van der Waals surface area contributed by atoms with Crippen molar-refractivity contribution in [2.45, 2.75) is 25.7 Å². The van der Waals surface area contributed by atoms with Gasteiger partial charge in [0, 0.05) is 18.9 Å². The van der Waals surface area contributed by atoms with E-state index < -0.39 is 34.2 Å². The molecule has 0 bridgehead atoms. The van der Waals surface area contributed by atoms with Crippen molar-refractivity contribution in [3.63, 3.8) is 0 Å². The molecule has 12 heteroatoms. The van der Waals surface area contributed by atoms with Crippen LogP contribution in [0.25, 0.3) is 0 Å². The van der Waals surface area contributed by atoms with Crippen LogP contribution < -0.4 is 22.9 Å². The molecule has 0 aliphatic rings. The second-order valence-electron chi connectivity index (χ2n) is 4.31. The number of primary amides is 4. The van der Waals surface area contributed by atoms with Crippen LogP contribution in [0.1, 0.15) is 25.7 Å². The Balaban J connectivity index is 0. The van der Waals surface area contributed by atoms with Crippen molar-refractivity contribution in [1.82, 2.24) is 0 Å². The number of nitriles is 1. The van der Waals surface area contributed by atoms with E-state index >= 15 is 0 Å². The molecule has 4 amide bonds. The lowest BCUT2D eigenvalue weighted by Gasteiger charge is -1.92. The lowest BCUT2D eigenvalue weighted by Crippen LogP contribution is -2.20. The average molecular weight is 354 g/mol. The van der Waals surface area contributed by atoms with Crippen LogP contribution in [-0.4, -0.2) is 28.6 Å². The van der Waals surface area contributed by atoms with Crippen molar-refractivity contribution >= 4 is 23.6 Å². The highest BCUT2D eigenvalue weighted by molar-refractivity contribution is 5.95. The standard InChI is InChI=1S/C7H9N3O2.C6H9N3O4/c8-4-5(7(10)12)2-1-3-6(9)11;7-5(10)3-1-2-4(6(8)11)9(12)13/h2H,1,3H2,(H2,9,11)(H2,10,12);2H,1,3H2,(H2,7,10)(H2,8,11). The highest BCUT2D eigenvalue weighted by atomic mass is 16.6. The molecule has 0 radical (unpaired) electrons. The van der Waals surface area contributed by atoms with Gasteiger partial charge in [0.05, 0.1) is 4.92 Å². The third-order valence-corrected chi connectivity index (χ3v) is 2.30. The first-order chi connectivity index (χ1) is 11.5. The maximum Gasteiger partial charge on any atom is 0.329 e. The molecule has 0 saturated heterocycles. The minimum atomic E-state index is -1.13. The molecule has 25 heavy (non-hydrogen) atoms. The summed E-state index contributed by atoms with van der Waals surface area (Å²) in [5.41, 5.74) is 18.2. The number of hydrogen-bond acceptors (Lipinski definition) is 7. The molecule has 136 valence electrons. The third kappa shape index (κ3) is 13.6. The van der Waals surface area contributed by atoms with Crippen LogP contribution in [0.3, 0.4) is 0 Å². The summed E-state index contributed by atoms with van der Waals surface area (Å²) in [7, 11) is 0. The molecule has 0 unspecified atom stereocenters. The summed E-state index contributed by atoms with van der Waals surface area (Å²) >= 11 is 0. The zero-order chi connectivity index (χ0) is 20.0. The second kappa shape index (κ2) is 12.8. The van der Waals surface area contributed by atoms with E-state index in [-0.39, 0.29) is 31.3 Å². The number of amides is 4. The summed E-state index contributed by atoms with van der Waals surface area (Å²) in [4.78, 5) is 50.5. The number of nitrogens with two attached hydrogens (primary N) is 4. The summed E-state index contributed by atoms with van der Waals surface area (Å²) in [5.74, 6) is -2.99. The Morgan fingerprint density at radius 1 is 0.920 bits per heavy atom. The molecule has 0 heterocycles. The first kappa shape index (κ1) is 23.5. The smallest absolute Gasteiger partial charge is 0.329 e. The van der Waals surface area contributed by atoms with Gasteiger partial charge in [0.25, 0.3) is 5.91 Å². The fourth-order valence-corrected chi connectivity index (χ4v) is 1.18. The number of carbonyl (C=O) groups is 4. The summed E-state index contributed by atoms with van der Waals surface area (Å²) in [6, 6.07) is 1.61. The molecule has 0 fully saturated rings. The Labute approximate surface area is 142 Å². The fraction of sp³-hybridized carbons (Fsp3) is 0.308. The van der Waals surface area contributed by atoms with Crippen LogP contribution >= 0.6 is 0 Å². The summed E-state index contributed by atoms with van der Waals surface area (Å²) < 4.78 is 0. The molecule has 0 aromatic carbocycles. The zero-order valence-electron chi connectivity index (χ0n) is 13.1. The molecule has 0 aliphatic heterocycles.